The molecule has 0 fully saturated rings. The van der Waals surface area contributed by atoms with Gasteiger partial charge in [-0.3, -0.25) is 4.90 Å². The van der Waals surface area contributed by atoms with Crippen molar-refractivity contribution in [2.24, 2.45) is 0 Å². The van der Waals surface area contributed by atoms with Crippen molar-refractivity contribution in [1.82, 2.24) is 4.90 Å². The number of rotatable bonds is 12. The number of aliphatic hydroxyl groups excluding tert-OH is 1. The van der Waals surface area contributed by atoms with Crippen LogP contribution in [0.2, 0.25) is 0 Å². The summed E-state index contributed by atoms with van der Waals surface area (Å²) in [6, 6.07) is 9.92. The van der Waals surface area contributed by atoms with Crippen LogP contribution in [0, 0.1) is 0 Å². The van der Waals surface area contributed by atoms with Gasteiger partial charge in [-0.25, -0.2) is 0 Å². The summed E-state index contributed by atoms with van der Waals surface area (Å²) in [5, 5.41) is 10.4. The molecule has 1 heterocycles. The second-order valence-corrected chi connectivity index (χ2v) is 6.62. The summed E-state index contributed by atoms with van der Waals surface area (Å²) in [6.07, 6.45) is 2.03. The monoisotopic (exact) mass is 377 g/mol. The van der Waals surface area contributed by atoms with E-state index < -0.39 is 6.10 Å². The van der Waals surface area contributed by atoms with Crippen LogP contribution in [0.25, 0.3) is 0 Å². The molecule has 150 valence electrons. The van der Waals surface area contributed by atoms with Crippen LogP contribution in [0.3, 0.4) is 0 Å². The molecule has 27 heavy (non-hydrogen) atoms. The zero-order chi connectivity index (χ0) is 19.6. The first-order chi connectivity index (χ1) is 13.1. The summed E-state index contributed by atoms with van der Waals surface area (Å²) in [5.74, 6) is 2.18. The van der Waals surface area contributed by atoms with Gasteiger partial charge in [0, 0.05) is 19.1 Å². The Hall–Kier alpha value is -2.02. The fourth-order valence-electron chi connectivity index (χ4n) is 2.89. The minimum absolute atomic E-state index is 0.263. The highest BCUT2D eigenvalue weighted by atomic mass is 16.5. The first-order valence-corrected chi connectivity index (χ1v) is 9.30. The highest BCUT2D eigenvalue weighted by Gasteiger charge is 2.18. The van der Waals surface area contributed by atoms with Gasteiger partial charge >= 0.3 is 0 Å². The second-order valence-electron chi connectivity index (χ2n) is 6.62. The Kier molecular flexibility index (Phi) is 8.64. The molecule has 0 saturated heterocycles. The Morgan fingerprint density at radius 1 is 1.15 bits per heavy atom. The normalized spacial score (nSPS) is 13.6. The lowest BCUT2D eigenvalue weighted by molar-refractivity contribution is -0.00272. The Morgan fingerprint density at radius 3 is 2.56 bits per heavy atom. The largest absolute Gasteiger partial charge is 0.493 e. The van der Waals surface area contributed by atoms with E-state index in [2.05, 4.69) is 18.7 Å². The summed E-state index contributed by atoms with van der Waals surface area (Å²) in [6.45, 7) is 6.18. The van der Waals surface area contributed by atoms with Gasteiger partial charge in [-0.05, 0) is 43.2 Å². The molecule has 0 spiro atoms. The lowest BCUT2D eigenvalue weighted by Crippen LogP contribution is -2.39. The van der Waals surface area contributed by atoms with Gasteiger partial charge in [0.25, 0.3) is 0 Å². The molecule has 0 radical (unpaired) electrons. The van der Waals surface area contributed by atoms with Gasteiger partial charge < -0.3 is 23.7 Å². The molecule has 0 aliphatic carbocycles. The Balaban J connectivity index is 1.93. The molecule has 0 saturated carbocycles. The van der Waals surface area contributed by atoms with Crippen LogP contribution < -0.4 is 9.47 Å². The summed E-state index contributed by atoms with van der Waals surface area (Å²) in [5.41, 5.74) is 1.11. The number of nitrogens with zero attached hydrogens (tertiary/aromatic N) is 1. The van der Waals surface area contributed by atoms with Crippen molar-refractivity contribution in [2.75, 3.05) is 27.4 Å². The Bertz CT molecular complexity index is 659. The van der Waals surface area contributed by atoms with E-state index in [0.29, 0.717) is 37.2 Å². The van der Waals surface area contributed by atoms with Gasteiger partial charge in [-0.1, -0.05) is 13.0 Å². The Labute approximate surface area is 161 Å². The van der Waals surface area contributed by atoms with Crippen LogP contribution in [0.15, 0.2) is 41.0 Å². The summed E-state index contributed by atoms with van der Waals surface area (Å²) >= 11 is 0. The van der Waals surface area contributed by atoms with E-state index in [9.17, 15) is 5.11 Å². The molecule has 1 N–H and O–H groups in total. The van der Waals surface area contributed by atoms with E-state index in [1.807, 2.05) is 30.3 Å². The molecule has 6 nitrogen and oxygen atoms in total. The number of aliphatic hydroxyl groups is 1. The third-order valence-electron chi connectivity index (χ3n) is 4.63. The molecular weight excluding hydrogens is 346 g/mol. The van der Waals surface area contributed by atoms with Crippen LogP contribution >= 0.6 is 0 Å². The minimum Gasteiger partial charge on any atom is -0.493 e. The minimum atomic E-state index is -0.575. The predicted molar refractivity (Wildman–Crippen MR) is 104 cm³/mol. The third-order valence-corrected chi connectivity index (χ3v) is 4.63. The lowest BCUT2D eigenvalue weighted by atomic mass is 10.1. The van der Waals surface area contributed by atoms with Crippen LogP contribution in [0.4, 0.5) is 0 Å². The van der Waals surface area contributed by atoms with Crippen LogP contribution in [0.1, 0.15) is 31.6 Å². The highest BCUT2D eigenvalue weighted by molar-refractivity contribution is 5.42. The SMILES string of the molecule is CC[C@@H](C)N(Cc1ccc(OC)c(OC)c1)C[C@H](O)COCc1ccco1. The van der Waals surface area contributed by atoms with E-state index in [-0.39, 0.29) is 6.61 Å². The summed E-state index contributed by atoms with van der Waals surface area (Å²) in [4.78, 5) is 2.25. The standard InChI is InChI=1S/C21H31NO5/c1-5-16(2)22(12-17-8-9-20(24-3)21(11-17)25-4)13-18(23)14-26-15-19-7-6-10-27-19/h6-11,16,18,23H,5,12-15H2,1-4H3/t16-,18+/m1/s1. The topological polar surface area (TPSA) is 64.3 Å². The number of furan rings is 1. The van der Waals surface area contributed by atoms with Gasteiger partial charge in [0.1, 0.15) is 12.4 Å². The molecule has 0 unspecified atom stereocenters. The quantitative estimate of drug-likeness (QED) is 0.611. The van der Waals surface area contributed by atoms with Gasteiger partial charge in [-0.15, -0.1) is 0 Å². The number of hydrogen-bond donors (Lipinski definition) is 1. The maximum atomic E-state index is 10.4. The van der Waals surface area contributed by atoms with Gasteiger partial charge in [0.15, 0.2) is 11.5 Å². The molecule has 1 aromatic heterocycles. The van der Waals surface area contributed by atoms with Gasteiger partial charge in [0.05, 0.1) is 33.2 Å². The first-order valence-electron chi connectivity index (χ1n) is 9.30. The molecule has 0 amide bonds. The van der Waals surface area contributed by atoms with Crippen LogP contribution in [-0.2, 0) is 17.9 Å². The molecule has 0 bridgehead atoms. The van der Waals surface area contributed by atoms with Crippen molar-refractivity contribution in [2.45, 2.75) is 45.6 Å². The molecule has 2 aromatic rings. The van der Waals surface area contributed by atoms with Gasteiger partial charge in [-0.2, -0.15) is 0 Å². The number of methoxy groups -OCH3 is 2. The second kappa shape index (κ2) is 11.0. The van der Waals surface area contributed by atoms with Crippen LogP contribution in [-0.4, -0.2) is 49.5 Å². The molecule has 2 rings (SSSR count). The average Bonchev–Trinajstić information content (AvgIpc) is 3.20. The van der Waals surface area contributed by atoms with E-state index >= 15 is 0 Å². The van der Waals surface area contributed by atoms with Crippen molar-refractivity contribution in [1.29, 1.82) is 0 Å². The molecule has 1 aromatic carbocycles. The maximum absolute atomic E-state index is 10.4. The van der Waals surface area contributed by atoms with Crippen molar-refractivity contribution >= 4 is 0 Å². The highest BCUT2D eigenvalue weighted by Crippen LogP contribution is 2.28. The predicted octanol–water partition coefficient (Wildman–Crippen LogP) is 3.48. The Morgan fingerprint density at radius 2 is 1.93 bits per heavy atom. The van der Waals surface area contributed by atoms with Crippen LogP contribution in [0.5, 0.6) is 11.5 Å². The van der Waals surface area contributed by atoms with E-state index in [0.717, 1.165) is 17.7 Å². The van der Waals surface area contributed by atoms with E-state index in [1.54, 1.807) is 20.5 Å². The number of benzene rings is 1. The fraction of sp³-hybridized carbons (Fsp3) is 0.524. The molecule has 6 heteroatoms. The maximum Gasteiger partial charge on any atom is 0.161 e. The van der Waals surface area contributed by atoms with E-state index in [1.165, 1.54) is 0 Å². The summed E-state index contributed by atoms with van der Waals surface area (Å²) < 4.78 is 21.5. The van der Waals surface area contributed by atoms with Gasteiger partial charge in [0.2, 0.25) is 0 Å². The lowest BCUT2D eigenvalue weighted by Gasteiger charge is -2.30. The van der Waals surface area contributed by atoms with Crippen molar-refractivity contribution in [3.8, 4) is 11.5 Å². The molecule has 0 aliphatic rings. The number of hydrogen-bond acceptors (Lipinski definition) is 6. The zero-order valence-corrected chi connectivity index (χ0v) is 16.7. The van der Waals surface area contributed by atoms with Crippen molar-refractivity contribution in [3.63, 3.8) is 0 Å². The van der Waals surface area contributed by atoms with Crippen molar-refractivity contribution < 1.29 is 23.7 Å². The number of ether oxygens (including phenoxy) is 3. The van der Waals surface area contributed by atoms with Crippen molar-refractivity contribution in [3.05, 3.63) is 47.9 Å². The molecule has 0 aliphatic heterocycles. The fourth-order valence-corrected chi connectivity index (χ4v) is 2.89. The molecule has 2 atom stereocenters. The first kappa shape index (κ1) is 21.3. The van der Waals surface area contributed by atoms with E-state index in [4.69, 9.17) is 18.6 Å². The third kappa shape index (κ3) is 6.57. The average molecular weight is 377 g/mol. The molecular formula is C21H31NO5. The smallest absolute Gasteiger partial charge is 0.161 e. The summed E-state index contributed by atoms with van der Waals surface area (Å²) in [7, 11) is 3.26. The zero-order valence-electron chi connectivity index (χ0n) is 16.7.